The van der Waals surface area contributed by atoms with Crippen LogP contribution in [0.1, 0.15) is 25.3 Å². The lowest BCUT2D eigenvalue weighted by Gasteiger charge is -2.14. The number of methoxy groups -OCH3 is 2. The number of nitrogens with one attached hydrogen (secondary N) is 1. The number of nitrogens with two attached hydrogens (primary N) is 1. The molecule has 1 saturated heterocycles. The predicted molar refractivity (Wildman–Crippen MR) is 95.9 cm³/mol. The summed E-state index contributed by atoms with van der Waals surface area (Å²) in [5, 5.41) is 3.14. The van der Waals surface area contributed by atoms with Crippen LogP contribution in [-0.4, -0.2) is 46.0 Å². The van der Waals surface area contributed by atoms with Crippen molar-refractivity contribution in [2.75, 3.05) is 33.9 Å². The van der Waals surface area contributed by atoms with E-state index in [4.69, 9.17) is 19.9 Å². The fraction of sp³-hybridized carbons (Fsp3) is 0.611. The van der Waals surface area contributed by atoms with Crippen molar-refractivity contribution in [3.05, 3.63) is 23.8 Å². The van der Waals surface area contributed by atoms with E-state index in [-0.39, 0.29) is 6.10 Å². The summed E-state index contributed by atoms with van der Waals surface area (Å²) in [6, 6.07) is 6.00. The van der Waals surface area contributed by atoms with Crippen molar-refractivity contribution in [2.24, 2.45) is 16.6 Å². The zero-order valence-electron chi connectivity index (χ0n) is 14.9. The van der Waals surface area contributed by atoms with Crippen LogP contribution in [0.4, 0.5) is 0 Å². The molecule has 1 aromatic rings. The fourth-order valence-electron chi connectivity index (χ4n) is 2.81. The van der Waals surface area contributed by atoms with Gasteiger partial charge in [0.05, 0.1) is 20.3 Å². The number of nitrogens with zero attached hydrogens (tertiary/aromatic N) is 1. The molecule has 1 heterocycles. The summed E-state index contributed by atoms with van der Waals surface area (Å²) in [5.41, 5.74) is 7.12. The maximum Gasteiger partial charge on any atom is 0.188 e. The van der Waals surface area contributed by atoms with E-state index in [9.17, 15) is 0 Å². The molecule has 134 valence electrons. The zero-order valence-corrected chi connectivity index (χ0v) is 14.9. The second-order valence-corrected chi connectivity index (χ2v) is 6.24. The van der Waals surface area contributed by atoms with Gasteiger partial charge in [-0.15, -0.1) is 0 Å². The van der Waals surface area contributed by atoms with Crippen molar-refractivity contribution in [1.82, 2.24) is 5.32 Å². The van der Waals surface area contributed by atoms with Crippen LogP contribution in [0, 0.1) is 5.92 Å². The van der Waals surface area contributed by atoms with Crippen LogP contribution in [0.25, 0.3) is 0 Å². The molecular weight excluding hydrogens is 306 g/mol. The molecule has 2 atom stereocenters. The number of rotatable bonds is 8. The first kappa shape index (κ1) is 18.4. The predicted octanol–water partition coefficient (Wildman–Crippen LogP) is 1.97. The third-order valence-electron chi connectivity index (χ3n) is 4.14. The number of hydrogen-bond acceptors (Lipinski definition) is 4. The summed E-state index contributed by atoms with van der Waals surface area (Å²) >= 11 is 0. The largest absolute Gasteiger partial charge is 0.493 e. The summed E-state index contributed by atoms with van der Waals surface area (Å²) in [4.78, 5) is 4.43. The smallest absolute Gasteiger partial charge is 0.188 e. The van der Waals surface area contributed by atoms with Crippen molar-refractivity contribution >= 4 is 5.96 Å². The maximum atomic E-state index is 5.92. The lowest BCUT2D eigenvalue weighted by atomic mass is 10.0. The summed E-state index contributed by atoms with van der Waals surface area (Å²) in [5.74, 6) is 2.37. The fourth-order valence-corrected chi connectivity index (χ4v) is 2.81. The molecule has 2 unspecified atom stereocenters. The first-order chi connectivity index (χ1) is 11.6. The summed E-state index contributed by atoms with van der Waals surface area (Å²) in [6.07, 6.45) is 3.40. The Kier molecular flexibility index (Phi) is 7.18. The molecule has 1 aromatic carbocycles. The van der Waals surface area contributed by atoms with E-state index in [1.807, 2.05) is 12.1 Å². The Balaban J connectivity index is 1.79. The SMILES string of the molecule is COc1ccc(CC(C)CN=C(N)NCC2CCCO2)cc1OC. The molecule has 0 aromatic heterocycles. The van der Waals surface area contributed by atoms with Crippen molar-refractivity contribution in [2.45, 2.75) is 32.3 Å². The monoisotopic (exact) mass is 335 g/mol. The highest BCUT2D eigenvalue weighted by Crippen LogP contribution is 2.28. The van der Waals surface area contributed by atoms with Gasteiger partial charge in [-0.1, -0.05) is 13.0 Å². The molecule has 0 aliphatic carbocycles. The van der Waals surface area contributed by atoms with Gasteiger partial charge in [-0.05, 0) is 42.9 Å². The minimum atomic E-state index is 0.267. The van der Waals surface area contributed by atoms with Gasteiger partial charge in [-0.2, -0.15) is 0 Å². The number of aliphatic imine (C=N–C) groups is 1. The van der Waals surface area contributed by atoms with Gasteiger partial charge in [0.1, 0.15) is 0 Å². The molecule has 1 aliphatic heterocycles. The first-order valence-electron chi connectivity index (χ1n) is 8.48. The third kappa shape index (κ3) is 5.60. The standard InChI is InChI=1S/C18H29N3O3/c1-13(9-14-6-7-16(22-2)17(10-14)23-3)11-20-18(19)21-12-15-5-4-8-24-15/h6-7,10,13,15H,4-5,8-9,11-12H2,1-3H3,(H3,19,20,21). The molecule has 6 nitrogen and oxygen atoms in total. The highest BCUT2D eigenvalue weighted by molar-refractivity contribution is 5.77. The third-order valence-corrected chi connectivity index (χ3v) is 4.14. The van der Waals surface area contributed by atoms with E-state index < -0.39 is 0 Å². The molecule has 1 aliphatic rings. The lowest BCUT2D eigenvalue weighted by molar-refractivity contribution is 0.114. The van der Waals surface area contributed by atoms with Gasteiger partial charge in [0.25, 0.3) is 0 Å². The normalized spacial score (nSPS) is 19.1. The minimum absolute atomic E-state index is 0.267. The van der Waals surface area contributed by atoms with E-state index >= 15 is 0 Å². The Bertz CT molecular complexity index is 542. The number of hydrogen-bond donors (Lipinski definition) is 2. The van der Waals surface area contributed by atoms with Crippen molar-refractivity contribution in [1.29, 1.82) is 0 Å². The van der Waals surface area contributed by atoms with E-state index in [0.717, 1.165) is 43.9 Å². The molecule has 0 saturated carbocycles. The van der Waals surface area contributed by atoms with Crippen LogP contribution >= 0.6 is 0 Å². The quantitative estimate of drug-likeness (QED) is 0.561. The van der Waals surface area contributed by atoms with Gasteiger partial charge in [-0.25, -0.2) is 0 Å². The Morgan fingerprint density at radius 1 is 1.38 bits per heavy atom. The van der Waals surface area contributed by atoms with Gasteiger partial charge in [0.2, 0.25) is 0 Å². The average Bonchev–Trinajstić information content (AvgIpc) is 3.11. The van der Waals surface area contributed by atoms with Gasteiger partial charge in [-0.3, -0.25) is 4.99 Å². The first-order valence-corrected chi connectivity index (χ1v) is 8.48. The summed E-state index contributed by atoms with van der Waals surface area (Å²) in [7, 11) is 3.29. The molecule has 0 bridgehead atoms. The van der Waals surface area contributed by atoms with Crippen molar-refractivity contribution in [3.63, 3.8) is 0 Å². The summed E-state index contributed by atoms with van der Waals surface area (Å²) in [6.45, 7) is 4.43. The van der Waals surface area contributed by atoms with E-state index in [0.29, 0.717) is 18.4 Å². The second kappa shape index (κ2) is 9.37. The molecular formula is C18H29N3O3. The summed E-state index contributed by atoms with van der Waals surface area (Å²) < 4.78 is 16.2. The highest BCUT2D eigenvalue weighted by atomic mass is 16.5. The minimum Gasteiger partial charge on any atom is -0.493 e. The van der Waals surface area contributed by atoms with Crippen LogP contribution in [0.15, 0.2) is 23.2 Å². The van der Waals surface area contributed by atoms with Crippen LogP contribution in [0.2, 0.25) is 0 Å². The molecule has 2 rings (SSSR count). The van der Waals surface area contributed by atoms with Crippen molar-refractivity contribution < 1.29 is 14.2 Å². The van der Waals surface area contributed by atoms with Gasteiger partial charge >= 0.3 is 0 Å². The van der Waals surface area contributed by atoms with Gasteiger partial charge in [0.15, 0.2) is 17.5 Å². The van der Waals surface area contributed by atoms with E-state index in [1.165, 1.54) is 5.56 Å². The molecule has 0 spiro atoms. The lowest BCUT2D eigenvalue weighted by Crippen LogP contribution is -2.37. The number of guanidine groups is 1. The Morgan fingerprint density at radius 2 is 2.17 bits per heavy atom. The van der Waals surface area contributed by atoms with Gasteiger partial charge in [0, 0.05) is 19.7 Å². The van der Waals surface area contributed by atoms with E-state index in [1.54, 1.807) is 14.2 Å². The Labute approximate surface area is 144 Å². The maximum absolute atomic E-state index is 5.92. The Morgan fingerprint density at radius 3 is 2.83 bits per heavy atom. The van der Waals surface area contributed by atoms with E-state index in [2.05, 4.69) is 23.3 Å². The average molecular weight is 335 g/mol. The number of benzene rings is 1. The molecule has 3 N–H and O–H groups in total. The van der Waals surface area contributed by atoms with Crippen LogP contribution < -0.4 is 20.5 Å². The van der Waals surface area contributed by atoms with Gasteiger partial charge < -0.3 is 25.3 Å². The highest BCUT2D eigenvalue weighted by Gasteiger charge is 2.15. The van der Waals surface area contributed by atoms with Crippen molar-refractivity contribution in [3.8, 4) is 11.5 Å². The number of ether oxygens (including phenoxy) is 3. The van der Waals surface area contributed by atoms with Crippen LogP contribution in [0.5, 0.6) is 11.5 Å². The molecule has 0 radical (unpaired) electrons. The molecule has 0 amide bonds. The molecule has 6 heteroatoms. The van der Waals surface area contributed by atoms with Crippen LogP contribution in [0.3, 0.4) is 0 Å². The second-order valence-electron chi connectivity index (χ2n) is 6.24. The van der Waals surface area contributed by atoms with Crippen LogP contribution in [-0.2, 0) is 11.2 Å². The zero-order chi connectivity index (χ0) is 17.4. The molecule has 24 heavy (non-hydrogen) atoms. The Hall–Kier alpha value is -1.95. The molecule has 1 fully saturated rings. The topological polar surface area (TPSA) is 78.1 Å².